The van der Waals surface area contributed by atoms with Gasteiger partial charge in [-0.25, -0.2) is 0 Å². The Morgan fingerprint density at radius 2 is 2.20 bits per heavy atom. The fraction of sp³-hybridized carbons (Fsp3) is 0.333. The van der Waals surface area contributed by atoms with Gasteiger partial charge in [0.25, 0.3) is 5.91 Å². The number of amides is 2. The Hall–Kier alpha value is -2.05. The lowest BCUT2D eigenvalue weighted by Gasteiger charge is -2.24. The first-order chi connectivity index (χ1) is 12.1. The lowest BCUT2D eigenvalue weighted by molar-refractivity contribution is -0.130. The van der Waals surface area contributed by atoms with Gasteiger partial charge in [-0.15, -0.1) is 11.3 Å². The number of anilines is 1. The van der Waals surface area contributed by atoms with Gasteiger partial charge in [0.15, 0.2) is 0 Å². The number of benzene rings is 1. The van der Waals surface area contributed by atoms with E-state index in [1.165, 1.54) is 4.88 Å². The smallest absolute Gasteiger partial charge is 0.253 e. The molecule has 1 fully saturated rings. The summed E-state index contributed by atoms with van der Waals surface area (Å²) in [4.78, 5) is 27.8. The van der Waals surface area contributed by atoms with Gasteiger partial charge in [0.05, 0.1) is 18.2 Å². The van der Waals surface area contributed by atoms with Crippen LogP contribution in [0, 0.1) is 0 Å². The number of hydrogen-bond acceptors (Lipinski definition) is 4. The van der Waals surface area contributed by atoms with Crippen LogP contribution in [0.1, 0.15) is 34.1 Å². The fourth-order valence-corrected chi connectivity index (χ4v) is 4.15. The second kappa shape index (κ2) is 7.89. The van der Waals surface area contributed by atoms with Crippen LogP contribution in [0.5, 0.6) is 0 Å². The van der Waals surface area contributed by atoms with E-state index >= 15 is 0 Å². The number of rotatable bonds is 5. The van der Waals surface area contributed by atoms with Crippen LogP contribution >= 0.6 is 22.9 Å². The second-order valence-electron chi connectivity index (χ2n) is 5.88. The summed E-state index contributed by atoms with van der Waals surface area (Å²) in [6, 6.07) is 9.28. The highest BCUT2D eigenvalue weighted by molar-refractivity contribution is 7.10. The highest BCUT2D eigenvalue weighted by Crippen LogP contribution is 2.34. The molecule has 25 heavy (non-hydrogen) atoms. The molecule has 2 amide bonds. The molecule has 1 aliphatic heterocycles. The van der Waals surface area contributed by atoms with Crippen molar-refractivity contribution in [3.05, 3.63) is 51.2 Å². The molecule has 0 radical (unpaired) electrons. The van der Waals surface area contributed by atoms with Gasteiger partial charge in [-0.3, -0.25) is 9.59 Å². The Bertz CT molecular complexity index is 764. The molecule has 132 valence electrons. The zero-order valence-corrected chi connectivity index (χ0v) is 15.5. The minimum atomic E-state index is -0.241. The molecule has 2 aromatic rings. The number of carbonyl (C=O) groups excluding carboxylic acids is 2. The monoisotopic (exact) mass is 377 g/mol. The minimum absolute atomic E-state index is 0.0358. The molecule has 1 aromatic heterocycles. The molecule has 2 heterocycles. The number of nitrogens with one attached hydrogen (secondary N) is 2. The third-order valence-electron chi connectivity index (χ3n) is 4.33. The van der Waals surface area contributed by atoms with E-state index in [1.54, 1.807) is 36.6 Å². The van der Waals surface area contributed by atoms with Crippen LogP contribution in [0.2, 0.25) is 5.02 Å². The summed E-state index contributed by atoms with van der Waals surface area (Å²) in [7, 11) is 1.56. The van der Waals surface area contributed by atoms with Crippen molar-refractivity contribution in [3.8, 4) is 0 Å². The molecule has 2 N–H and O–H groups in total. The maximum absolute atomic E-state index is 12.7. The molecule has 0 aliphatic carbocycles. The molecule has 7 heteroatoms. The van der Waals surface area contributed by atoms with E-state index in [2.05, 4.69) is 16.7 Å². The molecule has 5 nitrogen and oxygen atoms in total. The Kier molecular flexibility index (Phi) is 5.60. The van der Waals surface area contributed by atoms with Gasteiger partial charge in [-0.2, -0.15) is 0 Å². The van der Waals surface area contributed by atoms with E-state index in [4.69, 9.17) is 11.6 Å². The molecule has 3 rings (SSSR count). The van der Waals surface area contributed by atoms with Gasteiger partial charge in [0.1, 0.15) is 0 Å². The predicted molar refractivity (Wildman–Crippen MR) is 101 cm³/mol. The van der Waals surface area contributed by atoms with Gasteiger partial charge >= 0.3 is 0 Å². The van der Waals surface area contributed by atoms with Gasteiger partial charge < -0.3 is 15.5 Å². The number of nitrogens with zero attached hydrogens (tertiary/aromatic N) is 1. The minimum Gasteiger partial charge on any atom is -0.376 e. The highest BCUT2D eigenvalue weighted by Gasteiger charge is 2.30. The summed E-state index contributed by atoms with van der Waals surface area (Å²) in [6.07, 6.45) is 2.01. The molecule has 1 unspecified atom stereocenters. The summed E-state index contributed by atoms with van der Waals surface area (Å²) in [5, 5.41) is 8.20. The molecule has 0 saturated carbocycles. The van der Waals surface area contributed by atoms with Crippen LogP contribution in [0.25, 0.3) is 0 Å². The lowest BCUT2D eigenvalue weighted by Crippen LogP contribution is -2.35. The van der Waals surface area contributed by atoms with Gasteiger partial charge in [0, 0.05) is 29.2 Å². The normalized spacial score (nSPS) is 16.7. The molecule has 1 aliphatic rings. The van der Waals surface area contributed by atoms with Crippen LogP contribution in [-0.4, -0.2) is 36.9 Å². The van der Waals surface area contributed by atoms with Crippen LogP contribution in [0.4, 0.5) is 5.69 Å². The van der Waals surface area contributed by atoms with E-state index in [1.807, 2.05) is 16.3 Å². The van der Waals surface area contributed by atoms with Crippen molar-refractivity contribution in [2.24, 2.45) is 0 Å². The van der Waals surface area contributed by atoms with Crippen molar-refractivity contribution in [2.75, 3.05) is 25.5 Å². The van der Waals surface area contributed by atoms with Crippen molar-refractivity contribution in [1.29, 1.82) is 0 Å². The average molecular weight is 378 g/mol. The third-order valence-corrected chi connectivity index (χ3v) is 5.54. The molecule has 1 aromatic carbocycles. The van der Waals surface area contributed by atoms with Crippen LogP contribution < -0.4 is 10.6 Å². The van der Waals surface area contributed by atoms with Crippen molar-refractivity contribution >= 4 is 40.4 Å². The van der Waals surface area contributed by atoms with Crippen molar-refractivity contribution in [2.45, 2.75) is 18.9 Å². The van der Waals surface area contributed by atoms with E-state index in [9.17, 15) is 9.59 Å². The molecular formula is C18H20ClN3O2S. The largest absolute Gasteiger partial charge is 0.376 e. The summed E-state index contributed by atoms with van der Waals surface area (Å²) in [5.74, 6) is -0.205. The first kappa shape index (κ1) is 17.8. The highest BCUT2D eigenvalue weighted by atomic mass is 35.5. The van der Waals surface area contributed by atoms with Gasteiger partial charge in [0.2, 0.25) is 5.91 Å². The van der Waals surface area contributed by atoms with Crippen molar-refractivity contribution in [3.63, 3.8) is 0 Å². The first-order valence-electron chi connectivity index (χ1n) is 8.18. The standard InChI is InChI=1S/C18H20ClN3O2S/c1-20-18(24)13-10-12(19)6-7-14(13)21-11-17(23)22-8-2-4-15(22)16-5-3-9-25-16/h3,5-7,9-10,15,21H,2,4,8,11H2,1H3,(H,20,24). The number of hydrogen-bond donors (Lipinski definition) is 2. The fourth-order valence-electron chi connectivity index (χ4n) is 3.11. The van der Waals surface area contributed by atoms with Gasteiger partial charge in [-0.05, 0) is 42.5 Å². The van der Waals surface area contributed by atoms with Gasteiger partial charge in [-0.1, -0.05) is 17.7 Å². The number of halogens is 1. The Morgan fingerprint density at radius 1 is 1.36 bits per heavy atom. The summed E-state index contributed by atoms with van der Waals surface area (Å²) >= 11 is 7.66. The van der Waals surface area contributed by atoms with Crippen LogP contribution in [0.15, 0.2) is 35.7 Å². The SMILES string of the molecule is CNC(=O)c1cc(Cl)ccc1NCC(=O)N1CCCC1c1cccs1. The number of likely N-dealkylation sites (tertiary alicyclic amines) is 1. The Morgan fingerprint density at radius 3 is 2.92 bits per heavy atom. The van der Waals surface area contributed by atoms with E-state index in [0.717, 1.165) is 19.4 Å². The summed E-state index contributed by atoms with van der Waals surface area (Å²) in [5.41, 5.74) is 1.03. The zero-order chi connectivity index (χ0) is 17.8. The maximum Gasteiger partial charge on any atom is 0.253 e. The summed E-state index contributed by atoms with van der Waals surface area (Å²) in [6.45, 7) is 0.916. The molecule has 1 atom stereocenters. The van der Waals surface area contributed by atoms with Crippen molar-refractivity contribution in [1.82, 2.24) is 10.2 Å². The lowest BCUT2D eigenvalue weighted by atomic mass is 10.1. The Balaban J connectivity index is 1.69. The van der Waals surface area contributed by atoms with E-state index < -0.39 is 0 Å². The predicted octanol–water partition coefficient (Wildman–Crippen LogP) is 3.54. The maximum atomic E-state index is 12.7. The first-order valence-corrected chi connectivity index (χ1v) is 9.44. The summed E-state index contributed by atoms with van der Waals surface area (Å²) < 4.78 is 0. The number of carbonyl (C=O) groups is 2. The van der Waals surface area contributed by atoms with Crippen molar-refractivity contribution < 1.29 is 9.59 Å². The van der Waals surface area contributed by atoms with E-state index in [0.29, 0.717) is 16.3 Å². The second-order valence-corrected chi connectivity index (χ2v) is 7.30. The topological polar surface area (TPSA) is 61.4 Å². The third kappa shape index (κ3) is 3.96. The Labute approximate surface area is 156 Å². The number of thiophene rings is 1. The van der Waals surface area contributed by atoms with E-state index in [-0.39, 0.29) is 24.4 Å². The van der Waals surface area contributed by atoms with Crippen LogP contribution in [-0.2, 0) is 4.79 Å². The quantitative estimate of drug-likeness (QED) is 0.837. The molecule has 1 saturated heterocycles. The molecule has 0 spiro atoms. The molecular weight excluding hydrogens is 358 g/mol. The van der Waals surface area contributed by atoms with Crippen LogP contribution in [0.3, 0.4) is 0 Å². The average Bonchev–Trinajstić information content (AvgIpc) is 3.30. The zero-order valence-electron chi connectivity index (χ0n) is 13.9. The molecule has 0 bridgehead atoms.